The molecular weight excluding hydrogens is 234 g/mol. The van der Waals surface area contributed by atoms with Gasteiger partial charge in [-0.2, -0.15) is 0 Å². The predicted octanol–water partition coefficient (Wildman–Crippen LogP) is 2.31. The van der Waals surface area contributed by atoms with Gasteiger partial charge in [0.05, 0.1) is 0 Å². The van der Waals surface area contributed by atoms with Gasteiger partial charge in [-0.15, -0.1) is 0 Å². The van der Waals surface area contributed by atoms with E-state index < -0.39 is 0 Å². The highest BCUT2D eigenvalue weighted by atomic mass is 15.1. The number of nitrogens with two attached hydrogens (primary N) is 1. The zero-order chi connectivity index (χ0) is 14.0. The lowest BCUT2D eigenvalue weighted by Gasteiger charge is -2.29. The molecule has 1 aliphatic carbocycles. The summed E-state index contributed by atoms with van der Waals surface area (Å²) in [5.41, 5.74) is 8.91. The predicted molar refractivity (Wildman–Crippen MR) is 81.0 cm³/mol. The molecule has 0 saturated heterocycles. The molecule has 0 amide bonds. The van der Waals surface area contributed by atoms with Gasteiger partial charge in [-0.05, 0) is 37.6 Å². The van der Waals surface area contributed by atoms with Crippen LogP contribution in [0.3, 0.4) is 0 Å². The Morgan fingerprint density at radius 1 is 1.26 bits per heavy atom. The van der Waals surface area contributed by atoms with Crippen molar-refractivity contribution in [3.63, 3.8) is 0 Å². The van der Waals surface area contributed by atoms with E-state index in [0.717, 1.165) is 13.0 Å². The molecule has 106 valence electrons. The first kappa shape index (κ1) is 14.5. The minimum absolute atomic E-state index is 0.186. The van der Waals surface area contributed by atoms with Gasteiger partial charge in [0.25, 0.3) is 0 Å². The van der Waals surface area contributed by atoms with Crippen LogP contribution in [-0.4, -0.2) is 31.6 Å². The quantitative estimate of drug-likeness (QED) is 0.854. The molecule has 0 fully saturated rings. The number of benzene rings is 1. The molecule has 0 radical (unpaired) electrons. The van der Waals surface area contributed by atoms with Crippen LogP contribution in [-0.2, 0) is 0 Å². The minimum atomic E-state index is 0.186. The van der Waals surface area contributed by atoms with Crippen molar-refractivity contribution in [3.8, 4) is 0 Å². The van der Waals surface area contributed by atoms with Crippen molar-refractivity contribution < 1.29 is 0 Å². The Balaban J connectivity index is 2.02. The summed E-state index contributed by atoms with van der Waals surface area (Å²) in [5, 5.41) is 3.71. The van der Waals surface area contributed by atoms with E-state index in [1.807, 2.05) is 0 Å². The Bertz CT molecular complexity index is 406. The summed E-state index contributed by atoms with van der Waals surface area (Å²) in [6.07, 6.45) is 1.01. The molecule has 0 bridgehead atoms. The van der Waals surface area contributed by atoms with E-state index >= 15 is 0 Å². The second-order valence-electron chi connectivity index (χ2n) is 6.21. The molecule has 3 atom stereocenters. The van der Waals surface area contributed by atoms with Crippen LogP contribution in [0.4, 0.5) is 0 Å². The summed E-state index contributed by atoms with van der Waals surface area (Å²) in [5.74, 6) is 0.646. The van der Waals surface area contributed by atoms with Gasteiger partial charge in [0.1, 0.15) is 0 Å². The summed E-state index contributed by atoms with van der Waals surface area (Å²) in [6, 6.07) is 9.71. The molecule has 19 heavy (non-hydrogen) atoms. The van der Waals surface area contributed by atoms with Crippen LogP contribution in [0.2, 0.25) is 0 Å². The van der Waals surface area contributed by atoms with E-state index in [1.165, 1.54) is 11.1 Å². The summed E-state index contributed by atoms with van der Waals surface area (Å²) >= 11 is 0. The molecule has 0 aliphatic heterocycles. The van der Waals surface area contributed by atoms with Crippen LogP contribution in [0.1, 0.15) is 43.5 Å². The van der Waals surface area contributed by atoms with Gasteiger partial charge in [0.15, 0.2) is 0 Å². The average molecular weight is 261 g/mol. The fourth-order valence-corrected chi connectivity index (χ4v) is 3.14. The van der Waals surface area contributed by atoms with Crippen molar-refractivity contribution in [1.82, 2.24) is 10.2 Å². The number of likely N-dealkylation sites (N-methyl/N-ethyl adjacent to an activating group) is 1. The van der Waals surface area contributed by atoms with E-state index in [1.54, 1.807) is 0 Å². The minimum Gasteiger partial charge on any atom is -0.324 e. The van der Waals surface area contributed by atoms with Crippen molar-refractivity contribution >= 4 is 0 Å². The van der Waals surface area contributed by atoms with Crippen LogP contribution in [0.25, 0.3) is 0 Å². The maximum Gasteiger partial charge on any atom is 0.0342 e. The van der Waals surface area contributed by atoms with Crippen LogP contribution in [0, 0.1) is 5.92 Å². The Labute approximate surface area is 117 Å². The highest BCUT2D eigenvalue weighted by molar-refractivity contribution is 5.37. The van der Waals surface area contributed by atoms with E-state index in [0.29, 0.717) is 18.0 Å². The zero-order valence-corrected chi connectivity index (χ0v) is 12.6. The largest absolute Gasteiger partial charge is 0.324 e. The van der Waals surface area contributed by atoms with Crippen molar-refractivity contribution in [2.75, 3.05) is 20.6 Å². The number of hydrogen-bond donors (Lipinski definition) is 2. The van der Waals surface area contributed by atoms with E-state index in [2.05, 4.69) is 62.4 Å². The molecule has 3 N–H and O–H groups in total. The molecule has 0 aromatic heterocycles. The number of nitrogens with zero attached hydrogens (tertiary/aromatic N) is 1. The first-order valence-electron chi connectivity index (χ1n) is 7.25. The lowest BCUT2D eigenvalue weighted by Crippen LogP contribution is -2.42. The topological polar surface area (TPSA) is 41.3 Å². The molecule has 2 rings (SSSR count). The van der Waals surface area contributed by atoms with E-state index in [4.69, 9.17) is 5.73 Å². The molecule has 0 saturated carbocycles. The van der Waals surface area contributed by atoms with Crippen molar-refractivity contribution in [3.05, 3.63) is 35.4 Å². The van der Waals surface area contributed by atoms with Gasteiger partial charge in [0, 0.05) is 24.7 Å². The van der Waals surface area contributed by atoms with Crippen LogP contribution in [0.15, 0.2) is 24.3 Å². The SMILES string of the molecule is CC(C)C(CNC1CC(N)c2ccccc21)N(C)C. The summed E-state index contributed by atoms with van der Waals surface area (Å²) in [7, 11) is 4.31. The van der Waals surface area contributed by atoms with Crippen molar-refractivity contribution in [2.45, 2.75) is 38.4 Å². The molecule has 0 spiro atoms. The standard InChI is InChI=1S/C16H27N3/c1-11(2)16(19(3)4)10-18-15-9-14(17)12-7-5-6-8-13(12)15/h5-8,11,14-16,18H,9-10,17H2,1-4H3. The highest BCUT2D eigenvalue weighted by Crippen LogP contribution is 2.36. The smallest absolute Gasteiger partial charge is 0.0342 e. The van der Waals surface area contributed by atoms with Gasteiger partial charge in [-0.3, -0.25) is 0 Å². The van der Waals surface area contributed by atoms with Crippen LogP contribution >= 0.6 is 0 Å². The van der Waals surface area contributed by atoms with Crippen molar-refractivity contribution in [2.24, 2.45) is 11.7 Å². The maximum absolute atomic E-state index is 6.21. The third-order valence-corrected chi connectivity index (χ3v) is 4.27. The summed E-state index contributed by atoms with van der Waals surface area (Å²) in [6.45, 7) is 5.57. The number of nitrogens with one attached hydrogen (secondary N) is 1. The van der Waals surface area contributed by atoms with Crippen molar-refractivity contribution in [1.29, 1.82) is 0 Å². The Morgan fingerprint density at radius 2 is 1.89 bits per heavy atom. The maximum atomic E-state index is 6.21. The fraction of sp³-hybridized carbons (Fsp3) is 0.625. The second-order valence-corrected chi connectivity index (χ2v) is 6.21. The second kappa shape index (κ2) is 6.04. The Morgan fingerprint density at radius 3 is 2.47 bits per heavy atom. The van der Waals surface area contributed by atoms with Gasteiger partial charge in [0.2, 0.25) is 0 Å². The Hall–Kier alpha value is -0.900. The van der Waals surface area contributed by atoms with E-state index in [9.17, 15) is 0 Å². The number of fused-ring (bicyclic) bond motifs is 1. The highest BCUT2D eigenvalue weighted by Gasteiger charge is 2.28. The lowest BCUT2D eigenvalue weighted by atomic mass is 10.0. The molecule has 1 aromatic rings. The summed E-state index contributed by atoms with van der Waals surface area (Å²) in [4.78, 5) is 2.30. The number of hydrogen-bond acceptors (Lipinski definition) is 3. The number of rotatable bonds is 5. The third-order valence-electron chi connectivity index (χ3n) is 4.27. The molecule has 3 heteroatoms. The molecular formula is C16H27N3. The normalized spacial score (nSPS) is 23.9. The molecule has 0 heterocycles. The Kier molecular flexibility index (Phi) is 4.61. The van der Waals surface area contributed by atoms with Gasteiger partial charge in [-0.25, -0.2) is 0 Å². The monoisotopic (exact) mass is 261 g/mol. The fourth-order valence-electron chi connectivity index (χ4n) is 3.14. The van der Waals surface area contributed by atoms with Gasteiger partial charge < -0.3 is 16.0 Å². The van der Waals surface area contributed by atoms with E-state index in [-0.39, 0.29) is 6.04 Å². The lowest BCUT2D eigenvalue weighted by molar-refractivity contribution is 0.218. The third kappa shape index (κ3) is 3.16. The summed E-state index contributed by atoms with van der Waals surface area (Å²) < 4.78 is 0. The molecule has 3 unspecified atom stereocenters. The first-order valence-corrected chi connectivity index (χ1v) is 7.25. The van der Waals surface area contributed by atoms with Gasteiger partial charge >= 0.3 is 0 Å². The molecule has 3 nitrogen and oxygen atoms in total. The zero-order valence-electron chi connectivity index (χ0n) is 12.6. The van der Waals surface area contributed by atoms with Gasteiger partial charge in [-0.1, -0.05) is 38.1 Å². The molecule has 1 aromatic carbocycles. The van der Waals surface area contributed by atoms with Crippen LogP contribution < -0.4 is 11.1 Å². The average Bonchev–Trinajstić information content (AvgIpc) is 2.67. The van der Waals surface area contributed by atoms with Crippen LogP contribution in [0.5, 0.6) is 0 Å². The first-order chi connectivity index (χ1) is 9.00. The molecule has 1 aliphatic rings.